The molecule has 0 saturated carbocycles. The van der Waals surface area contributed by atoms with Crippen LogP contribution in [0.15, 0.2) is 40.1 Å². The number of carbonyl (C=O) groups is 1. The summed E-state index contributed by atoms with van der Waals surface area (Å²) >= 11 is 3.39. The molecule has 1 aromatic carbocycles. The first-order valence-corrected chi connectivity index (χ1v) is 7.37. The minimum absolute atomic E-state index is 0.156. The molecule has 1 unspecified atom stereocenters. The number of aliphatic hydroxyl groups is 1. The van der Waals surface area contributed by atoms with Crippen molar-refractivity contribution in [2.45, 2.75) is 12.0 Å². The van der Waals surface area contributed by atoms with Gasteiger partial charge in [0.25, 0.3) is 5.60 Å². The smallest absolute Gasteiger partial charge is 0.356 e. The molecule has 7 heteroatoms. The van der Waals surface area contributed by atoms with Crippen LogP contribution in [0.3, 0.4) is 0 Å². The molecule has 0 saturated heterocycles. The normalized spacial score (nSPS) is 20.6. The van der Waals surface area contributed by atoms with E-state index in [4.69, 9.17) is 4.84 Å². The van der Waals surface area contributed by atoms with E-state index < -0.39 is 18.2 Å². The largest absolute Gasteiger partial charge is 0.466 e. The van der Waals surface area contributed by atoms with Crippen LogP contribution >= 0.6 is 15.9 Å². The number of benzene rings is 1. The summed E-state index contributed by atoms with van der Waals surface area (Å²) in [5, 5.41) is 14.4. The van der Waals surface area contributed by atoms with Gasteiger partial charge in [0.15, 0.2) is 0 Å². The van der Waals surface area contributed by atoms with Gasteiger partial charge in [0.2, 0.25) is 0 Å². The molecule has 1 atom stereocenters. The number of hydrogen-bond donors (Lipinski definition) is 1. The van der Waals surface area contributed by atoms with Crippen molar-refractivity contribution in [1.29, 1.82) is 0 Å². The van der Waals surface area contributed by atoms with Crippen LogP contribution in [0.1, 0.15) is 12.0 Å². The molecule has 0 bridgehead atoms. The zero-order valence-electron chi connectivity index (χ0n) is 11.7. The van der Waals surface area contributed by atoms with E-state index in [2.05, 4.69) is 30.8 Å². The molecule has 0 aliphatic carbocycles. The number of hydrogen-bond acceptors (Lipinski definition) is 6. The van der Waals surface area contributed by atoms with E-state index in [1.54, 1.807) is 6.20 Å². The van der Waals surface area contributed by atoms with E-state index in [1.165, 1.54) is 7.11 Å². The Hall–Kier alpha value is -1.99. The van der Waals surface area contributed by atoms with Crippen LogP contribution in [0.5, 0.6) is 0 Å². The topological polar surface area (TPSA) is 81.0 Å². The van der Waals surface area contributed by atoms with Crippen LogP contribution in [0.4, 0.5) is 0 Å². The van der Waals surface area contributed by atoms with Crippen LogP contribution < -0.4 is 0 Å². The summed E-state index contributed by atoms with van der Waals surface area (Å²) in [5.41, 5.74) is 0.801. The molecule has 1 N–H and O–H groups in total. The van der Waals surface area contributed by atoms with Crippen molar-refractivity contribution >= 4 is 38.5 Å². The number of aliphatic hydroxyl groups excluding tert-OH is 1. The lowest BCUT2D eigenvalue weighted by Crippen LogP contribution is -2.43. The van der Waals surface area contributed by atoms with E-state index in [9.17, 15) is 9.90 Å². The third-order valence-corrected chi connectivity index (χ3v) is 4.01. The van der Waals surface area contributed by atoms with Crippen LogP contribution in [0, 0.1) is 0 Å². The minimum atomic E-state index is -1.45. The number of ether oxygens (including phenoxy) is 1. The molecule has 114 valence electrons. The van der Waals surface area contributed by atoms with Gasteiger partial charge in [-0.2, -0.15) is 0 Å². The molecule has 0 spiro atoms. The molecule has 0 radical (unpaired) electrons. The van der Waals surface area contributed by atoms with Crippen LogP contribution in [-0.4, -0.2) is 41.1 Å². The Bertz CT molecular complexity index is 777. The summed E-state index contributed by atoms with van der Waals surface area (Å²) in [6.45, 7) is -0.493. The first kappa shape index (κ1) is 14.9. The Morgan fingerprint density at radius 1 is 1.50 bits per heavy atom. The standard InChI is InChI=1S/C15H13BrN2O4/c1-21-14(20)15(8-19)6-13(18-22-15)9-2-3-12-10(4-9)5-11(16)7-17-12/h2-5,7,19H,6,8H2,1H3. The molecule has 1 aliphatic heterocycles. The van der Waals surface area contributed by atoms with Gasteiger partial charge in [-0.1, -0.05) is 11.2 Å². The fourth-order valence-electron chi connectivity index (χ4n) is 2.36. The van der Waals surface area contributed by atoms with Crippen molar-refractivity contribution in [2.24, 2.45) is 5.16 Å². The Labute approximate surface area is 134 Å². The number of carbonyl (C=O) groups excluding carboxylic acids is 1. The van der Waals surface area contributed by atoms with E-state index >= 15 is 0 Å². The Morgan fingerprint density at radius 2 is 2.32 bits per heavy atom. The first-order chi connectivity index (χ1) is 10.6. The second-order valence-electron chi connectivity index (χ2n) is 5.01. The third-order valence-electron chi connectivity index (χ3n) is 3.58. The Balaban J connectivity index is 1.94. The van der Waals surface area contributed by atoms with Gasteiger partial charge in [0, 0.05) is 28.0 Å². The molecule has 3 rings (SSSR count). The van der Waals surface area contributed by atoms with Gasteiger partial charge in [-0.15, -0.1) is 0 Å². The minimum Gasteiger partial charge on any atom is -0.466 e. The third kappa shape index (κ3) is 2.46. The van der Waals surface area contributed by atoms with Crippen molar-refractivity contribution in [3.8, 4) is 0 Å². The Kier molecular flexibility index (Phi) is 3.84. The number of halogens is 1. The molecule has 6 nitrogen and oxygen atoms in total. The number of pyridine rings is 1. The number of esters is 1. The average Bonchev–Trinajstić information content (AvgIpc) is 2.99. The van der Waals surface area contributed by atoms with Crippen molar-refractivity contribution < 1.29 is 19.5 Å². The molecule has 2 aromatic rings. The highest BCUT2D eigenvalue weighted by molar-refractivity contribution is 9.10. The quantitative estimate of drug-likeness (QED) is 0.842. The summed E-state index contributed by atoms with van der Waals surface area (Å²) in [5.74, 6) is -0.640. The predicted octanol–water partition coefficient (Wildman–Crippen LogP) is 2.03. The second kappa shape index (κ2) is 5.66. The van der Waals surface area contributed by atoms with E-state index in [1.807, 2.05) is 24.3 Å². The molecular formula is C15H13BrN2O4. The number of aromatic nitrogens is 1. The molecule has 1 aromatic heterocycles. The van der Waals surface area contributed by atoms with Gasteiger partial charge in [0.05, 0.1) is 24.9 Å². The monoisotopic (exact) mass is 364 g/mol. The number of rotatable bonds is 3. The molecule has 1 aliphatic rings. The zero-order valence-corrected chi connectivity index (χ0v) is 13.3. The van der Waals surface area contributed by atoms with E-state index in [-0.39, 0.29) is 6.42 Å². The van der Waals surface area contributed by atoms with Crippen molar-refractivity contribution in [3.63, 3.8) is 0 Å². The molecule has 0 amide bonds. The van der Waals surface area contributed by atoms with Crippen LogP contribution in [0.25, 0.3) is 10.9 Å². The number of oxime groups is 1. The van der Waals surface area contributed by atoms with Crippen molar-refractivity contribution in [3.05, 3.63) is 40.5 Å². The predicted molar refractivity (Wildman–Crippen MR) is 83.5 cm³/mol. The van der Waals surface area contributed by atoms with E-state index in [0.717, 1.165) is 20.9 Å². The number of fused-ring (bicyclic) bond motifs is 1. The van der Waals surface area contributed by atoms with Crippen LogP contribution in [-0.2, 0) is 14.4 Å². The lowest BCUT2D eigenvalue weighted by atomic mass is 9.94. The van der Waals surface area contributed by atoms with Crippen molar-refractivity contribution in [1.82, 2.24) is 4.98 Å². The van der Waals surface area contributed by atoms with Gasteiger partial charge in [0.1, 0.15) is 0 Å². The molecule has 2 heterocycles. The van der Waals surface area contributed by atoms with Crippen LogP contribution in [0.2, 0.25) is 0 Å². The summed E-state index contributed by atoms with van der Waals surface area (Å²) in [7, 11) is 1.25. The van der Waals surface area contributed by atoms with Gasteiger partial charge in [-0.25, -0.2) is 4.79 Å². The maximum atomic E-state index is 11.8. The van der Waals surface area contributed by atoms with Gasteiger partial charge in [-0.3, -0.25) is 4.98 Å². The lowest BCUT2D eigenvalue weighted by molar-refractivity contribution is -0.171. The molecule has 0 fully saturated rings. The maximum absolute atomic E-state index is 11.8. The first-order valence-electron chi connectivity index (χ1n) is 6.58. The summed E-state index contributed by atoms with van der Waals surface area (Å²) in [6, 6.07) is 7.59. The highest BCUT2D eigenvalue weighted by atomic mass is 79.9. The number of nitrogens with zero attached hydrogens (tertiary/aromatic N) is 2. The molecule has 22 heavy (non-hydrogen) atoms. The fraction of sp³-hybridized carbons (Fsp3) is 0.267. The van der Waals surface area contributed by atoms with Gasteiger partial charge in [-0.05, 0) is 34.1 Å². The second-order valence-corrected chi connectivity index (χ2v) is 5.93. The maximum Gasteiger partial charge on any atom is 0.356 e. The summed E-state index contributed by atoms with van der Waals surface area (Å²) in [6.07, 6.45) is 1.88. The highest BCUT2D eigenvalue weighted by Crippen LogP contribution is 2.29. The van der Waals surface area contributed by atoms with E-state index in [0.29, 0.717) is 5.71 Å². The Morgan fingerprint density at radius 3 is 3.05 bits per heavy atom. The highest BCUT2D eigenvalue weighted by Gasteiger charge is 2.47. The summed E-state index contributed by atoms with van der Waals surface area (Å²) < 4.78 is 5.56. The zero-order chi connectivity index (χ0) is 15.7. The number of methoxy groups -OCH3 is 1. The SMILES string of the molecule is COC(=O)C1(CO)CC(c2ccc3ncc(Br)cc3c2)=NO1. The fourth-order valence-corrected chi connectivity index (χ4v) is 2.71. The van der Waals surface area contributed by atoms with Gasteiger partial charge >= 0.3 is 5.97 Å². The lowest BCUT2D eigenvalue weighted by Gasteiger charge is -2.20. The average molecular weight is 365 g/mol. The molecular weight excluding hydrogens is 352 g/mol. The van der Waals surface area contributed by atoms with Crippen molar-refractivity contribution in [2.75, 3.05) is 13.7 Å². The summed E-state index contributed by atoms with van der Waals surface area (Å²) in [4.78, 5) is 21.3. The van der Waals surface area contributed by atoms with Gasteiger partial charge < -0.3 is 14.7 Å².